The summed E-state index contributed by atoms with van der Waals surface area (Å²) in [5.41, 5.74) is -0.998. The summed E-state index contributed by atoms with van der Waals surface area (Å²) < 4.78 is 14.2. The molecule has 0 saturated heterocycles. The number of rotatable bonds is 2. The van der Waals surface area contributed by atoms with E-state index in [1.54, 1.807) is 6.92 Å². The molecule has 1 saturated carbocycles. The summed E-state index contributed by atoms with van der Waals surface area (Å²) in [6.45, 7) is 1.54. The predicted octanol–water partition coefficient (Wildman–Crippen LogP) is 2.72. The normalized spacial score (nSPS) is 17.2. The molecule has 1 aliphatic rings. The summed E-state index contributed by atoms with van der Waals surface area (Å²) in [5, 5.41) is 18.9. The first-order valence-electron chi connectivity index (χ1n) is 4.81. The number of hydrogen-bond acceptors (Lipinski definition) is 2. The Morgan fingerprint density at radius 1 is 1.56 bits per heavy atom. The standard InChI is InChI=1S/C11H10BrFO3/c1-5-4-6(12)9(14)7(8(5)13)11(2-3-11)10(15)16/h4,14H,2-3H2,1H3,(H,15,16). The van der Waals surface area contributed by atoms with E-state index in [4.69, 9.17) is 5.11 Å². The van der Waals surface area contributed by atoms with E-state index in [2.05, 4.69) is 15.9 Å². The first kappa shape index (κ1) is 11.4. The molecule has 0 spiro atoms. The second kappa shape index (κ2) is 3.45. The van der Waals surface area contributed by atoms with Crippen LogP contribution in [0.25, 0.3) is 0 Å². The number of halogens is 2. The molecule has 2 N–H and O–H groups in total. The number of benzene rings is 1. The van der Waals surface area contributed by atoms with Gasteiger partial charge in [-0.25, -0.2) is 4.39 Å². The van der Waals surface area contributed by atoms with E-state index in [9.17, 15) is 14.3 Å². The van der Waals surface area contributed by atoms with Crippen LogP contribution in [0.1, 0.15) is 24.0 Å². The summed E-state index contributed by atoms with van der Waals surface area (Å²) in [6, 6.07) is 1.44. The molecular weight excluding hydrogens is 279 g/mol. The van der Waals surface area contributed by atoms with Crippen LogP contribution in [-0.4, -0.2) is 16.2 Å². The summed E-state index contributed by atoms with van der Waals surface area (Å²) in [5.74, 6) is -2.01. The van der Waals surface area contributed by atoms with Gasteiger partial charge in [0.15, 0.2) is 0 Å². The van der Waals surface area contributed by atoms with Crippen LogP contribution in [0, 0.1) is 12.7 Å². The Balaban J connectivity index is 2.70. The lowest BCUT2D eigenvalue weighted by atomic mass is 9.93. The van der Waals surface area contributed by atoms with Crippen LogP contribution in [-0.2, 0) is 10.2 Å². The lowest BCUT2D eigenvalue weighted by Crippen LogP contribution is -2.21. The number of aromatic hydroxyl groups is 1. The number of phenols is 1. The monoisotopic (exact) mass is 288 g/mol. The Labute approximate surface area is 100 Å². The van der Waals surface area contributed by atoms with Crippen molar-refractivity contribution in [2.24, 2.45) is 0 Å². The molecule has 0 atom stereocenters. The minimum atomic E-state index is -1.23. The number of phenolic OH excluding ortho intramolecular Hbond substituents is 1. The van der Waals surface area contributed by atoms with Gasteiger partial charge in [0.1, 0.15) is 11.6 Å². The zero-order chi connectivity index (χ0) is 12.1. The van der Waals surface area contributed by atoms with Gasteiger partial charge >= 0.3 is 5.97 Å². The highest BCUT2D eigenvalue weighted by atomic mass is 79.9. The summed E-state index contributed by atoms with van der Waals surface area (Å²) in [4.78, 5) is 11.1. The van der Waals surface area contributed by atoms with E-state index in [-0.39, 0.29) is 11.3 Å². The molecule has 5 heteroatoms. The molecule has 86 valence electrons. The van der Waals surface area contributed by atoms with Crippen molar-refractivity contribution in [3.63, 3.8) is 0 Å². The number of hydrogen-bond donors (Lipinski definition) is 2. The maximum absolute atomic E-state index is 13.9. The molecule has 0 heterocycles. The highest BCUT2D eigenvalue weighted by Gasteiger charge is 2.55. The Kier molecular flexibility index (Phi) is 2.45. The van der Waals surface area contributed by atoms with Crippen molar-refractivity contribution >= 4 is 21.9 Å². The van der Waals surface area contributed by atoms with Crippen LogP contribution >= 0.6 is 15.9 Å². The van der Waals surface area contributed by atoms with Crippen LogP contribution in [0.4, 0.5) is 4.39 Å². The van der Waals surface area contributed by atoms with Gasteiger partial charge in [-0.05, 0) is 47.3 Å². The van der Waals surface area contributed by atoms with E-state index in [1.807, 2.05) is 0 Å². The van der Waals surface area contributed by atoms with Crippen molar-refractivity contribution in [1.29, 1.82) is 0 Å². The summed E-state index contributed by atoms with van der Waals surface area (Å²) in [7, 11) is 0. The highest BCUT2D eigenvalue weighted by molar-refractivity contribution is 9.10. The Morgan fingerprint density at radius 3 is 2.56 bits per heavy atom. The quantitative estimate of drug-likeness (QED) is 0.880. The smallest absolute Gasteiger partial charge is 0.314 e. The molecule has 0 radical (unpaired) electrons. The second-order valence-corrected chi connectivity index (χ2v) is 4.95. The molecule has 0 bridgehead atoms. The van der Waals surface area contributed by atoms with Crippen LogP contribution in [0.5, 0.6) is 5.75 Å². The second-order valence-electron chi connectivity index (χ2n) is 4.10. The largest absolute Gasteiger partial charge is 0.506 e. The molecule has 0 unspecified atom stereocenters. The van der Waals surface area contributed by atoms with Gasteiger partial charge in [0.05, 0.1) is 9.89 Å². The third-order valence-corrected chi connectivity index (χ3v) is 3.61. The van der Waals surface area contributed by atoms with Crippen LogP contribution in [0.3, 0.4) is 0 Å². The van der Waals surface area contributed by atoms with E-state index in [0.29, 0.717) is 22.9 Å². The molecule has 0 aliphatic heterocycles. The van der Waals surface area contributed by atoms with Gasteiger partial charge < -0.3 is 10.2 Å². The van der Waals surface area contributed by atoms with Crippen LogP contribution in [0.2, 0.25) is 0 Å². The molecule has 1 aromatic carbocycles. The Morgan fingerprint density at radius 2 is 2.12 bits per heavy atom. The van der Waals surface area contributed by atoms with Gasteiger partial charge in [-0.1, -0.05) is 0 Å². The fourth-order valence-electron chi connectivity index (χ4n) is 1.87. The van der Waals surface area contributed by atoms with Gasteiger partial charge in [-0.15, -0.1) is 0 Å². The van der Waals surface area contributed by atoms with E-state index < -0.39 is 17.2 Å². The number of aliphatic carboxylic acids is 1. The van der Waals surface area contributed by atoms with Crippen molar-refractivity contribution in [3.8, 4) is 5.75 Å². The number of carbonyl (C=O) groups is 1. The molecule has 16 heavy (non-hydrogen) atoms. The van der Waals surface area contributed by atoms with Gasteiger partial charge in [0, 0.05) is 5.56 Å². The average Bonchev–Trinajstić information content (AvgIpc) is 2.97. The molecule has 1 aliphatic carbocycles. The lowest BCUT2D eigenvalue weighted by molar-refractivity contribution is -0.140. The van der Waals surface area contributed by atoms with Crippen molar-refractivity contribution in [2.75, 3.05) is 0 Å². The van der Waals surface area contributed by atoms with Gasteiger partial charge in [-0.2, -0.15) is 0 Å². The van der Waals surface area contributed by atoms with Crippen molar-refractivity contribution in [2.45, 2.75) is 25.2 Å². The molecule has 0 amide bonds. The Bertz CT molecular complexity index is 454. The maximum atomic E-state index is 13.9. The van der Waals surface area contributed by atoms with E-state index in [0.717, 1.165) is 0 Å². The lowest BCUT2D eigenvalue weighted by Gasteiger charge is -2.15. The zero-order valence-electron chi connectivity index (χ0n) is 8.55. The third kappa shape index (κ3) is 1.42. The predicted molar refractivity (Wildman–Crippen MR) is 59.0 cm³/mol. The summed E-state index contributed by atoms with van der Waals surface area (Å²) >= 11 is 3.09. The molecular formula is C11H10BrFO3. The first-order valence-corrected chi connectivity index (χ1v) is 5.61. The number of aryl methyl sites for hydroxylation is 1. The fourth-order valence-corrected chi connectivity index (χ4v) is 2.42. The number of carboxylic acids is 1. The minimum absolute atomic E-state index is 0.0909. The molecule has 0 aromatic heterocycles. The minimum Gasteiger partial charge on any atom is -0.506 e. The molecule has 3 nitrogen and oxygen atoms in total. The number of carboxylic acid groups (broad SMARTS) is 1. The Hall–Kier alpha value is -1.10. The topological polar surface area (TPSA) is 57.5 Å². The van der Waals surface area contributed by atoms with E-state index >= 15 is 0 Å². The summed E-state index contributed by atoms with van der Waals surface area (Å²) in [6.07, 6.45) is 0.728. The fraction of sp³-hybridized carbons (Fsp3) is 0.364. The van der Waals surface area contributed by atoms with Crippen molar-refractivity contribution < 1.29 is 19.4 Å². The maximum Gasteiger partial charge on any atom is 0.314 e. The average molecular weight is 289 g/mol. The van der Waals surface area contributed by atoms with Crippen LogP contribution in [0.15, 0.2) is 10.5 Å². The van der Waals surface area contributed by atoms with Crippen molar-refractivity contribution in [3.05, 3.63) is 27.5 Å². The molecule has 1 fully saturated rings. The highest BCUT2D eigenvalue weighted by Crippen LogP contribution is 2.54. The van der Waals surface area contributed by atoms with Gasteiger partial charge in [0.2, 0.25) is 0 Å². The SMILES string of the molecule is Cc1cc(Br)c(O)c(C2(C(=O)O)CC2)c1F. The zero-order valence-corrected chi connectivity index (χ0v) is 10.1. The van der Waals surface area contributed by atoms with Gasteiger partial charge in [-0.3, -0.25) is 4.79 Å². The third-order valence-electron chi connectivity index (χ3n) is 3.01. The first-order chi connectivity index (χ1) is 7.40. The van der Waals surface area contributed by atoms with Gasteiger partial charge in [0.25, 0.3) is 0 Å². The molecule has 1 aromatic rings. The van der Waals surface area contributed by atoms with Crippen molar-refractivity contribution in [1.82, 2.24) is 0 Å². The molecule has 2 rings (SSSR count). The van der Waals surface area contributed by atoms with Crippen LogP contribution < -0.4 is 0 Å². The van der Waals surface area contributed by atoms with E-state index in [1.165, 1.54) is 6.07 Å².